The third-order valence-electron chi connectivity index (χ3n) is 1.95. The highest BCUT2D eigenvalue weighted by molar-refractivity contribution is 6.21. The van der Waals surface area contributed by atoms with Crippen LogP contribution in [0.25, 0.3) is 0 Å². The number of nitrogens with one attached hydrogen (secondary N) is 1. The Balaban J connectivity index is 2.11. The van der Waals surface area contributed by atoms with Gasteiger partial charge in [0.2, 0.25) is 0 Å². The highest BCUT2D eigenvalue weighted by Gasteiger charge is 2.47. The molecular weight excluding hydrogens is 154 g/mol. The molecule has 10 heavy (non-hydrogen) atoms. The zero-order valence-electron chi connectivity index (χ0n) is 5.60. The lowest BCUT2D eigenvalue weighted by Crippen LogP contribution is -2.39. The minimum absolute atomic E-state index is 0.0324. The fourth-order valence-electron chi connectivity index (χ4n) is 1.39. The molecule has 3 nitrogen and oxygen atoms in total. The van der Waals surface area contributed by atoms with E-state index < -0.39 is 5.79 Å². The zero-order valence-corrected chi connectivity index (χ0v) is 6.36. The maximum atomic E-state index is 5.96. The molecule has 4 heteroatoms. The first-order chi connectivity index (χ1) is 4.83. The highest BCUT2D eigenvalue weighted by Crippen LogP contribution is 2.29. The molecule has 0 aromatic heterocycles. The van der Waals surface area contributed by atoms with E-state index in [1.54, 1.807) is 0 Å². The van der Waals surface area contributed by atoms with E-state index in [9.17, 15) is 0 Å². The van der Waals surface area contributed by atoms with Crippen molar-refractivity contribution in [2.24, 2.45) is 0 Å². The molecule has 1 spiro atoms. The molecule has 2 heterocycles. The summed E-state index contributed by atoms with van der Waals surface area (Å²) in [7, 11) is 0. The Morgan fingerprint density at radius 3 is 2.60 bits per heavy atom. The van der Waals surface area contributed by atoms with E-state index >= 15 is 0 Å². The van der Waals surface area contributed by atoms with Gasteiger partial charge in [-0.05, 0) is 0 Å². The van der Waals surface area contributed by atoms with E-state index in [1.165, 1.54) is 0 Å². The van der Waals surface area contributed by atoms with Crippen molar-refractivity contribution in [3.8, 4) is 0 Å². The first-order valence-electron chi connectivity index (χ1n) is 3.46. The second-order valence-corrected chi connectivity index (χ2v) is 3.13. The van der Waals surface area contributed by atoms with Crippen molar-refractivity contribution in [1.82, 2.24) is 5.32 Å². The molecule has 2 aliphatic heterocycles. The molecular formula is C6H10ClNO2. The van der Waals surface area contributed by atoms with E-state index in [0.717, 1.165) is 13.1 Å². The molecule has 0 radical (unpaired) electrons. The fraction of sp³-hybridized carbons (Fsp3) is 1.00. The van der Waals surface area contributed by atoms with Gasteiger partial charge in [0.25, 0.3) is 0 Å². The quantitative estimate of drug-likeness (QED) is 0.508. The van der Waals surface area contributed by atoms with E-state index in [1.807, 2.05) is 0 Å². The summed E-state index contributed by atoms with van der Waals surface area (Å²) >= 11 is 5.96. The lowest BCUT2D eigenvalue weighted by atomic mass is 10.2. The molecule has 0 aromatic rings. The number of hydrogen-bond acceptors (Lipinski definition) is 3. The van der Waals surface area contributed by atoms with Gasteiger partial charge in [0.15, 0.2) is 5.79 Å². The molecule has 0 aromatic carbocycles. The number of halogens is 1. The Morgan fingerprint density at radius 1 is 1.40 bits per heavy atom. The van der Waals surface area contributed by atoms with Crippen LogP contribution in [-0.2, 0) is 9.47 Å². The third-order valence-corrected chi connectivity index (χ3v) is 2.44. The van der Waals surface area contributed by atoms with Gasteiger partial charge >= 0.3 is 0 Å². The third kappa shape index (κ3) is 0.855. The number of ether oxygens (including phenoxy) is 2. The summed E-state index contributed by atoms with van der Waals surface area (Å²) < 4.78 is 10.8. The molecule has 2 saturated heterocycles. The molecule has 1 unspecified atom stereocenters. The van der Waals surface area contributed by atoms with Gasteiger partial charge in [0, 0.05) is 6.54 Å². The van der Waals surface area contributed by atoms with Crippen molar-refractivity contribution >= 4 is 11.6 Å². The Kier molecular flexibility index (Phi) is 1.60. The summed E-state index contributed by atoms with van der Waals surface area (Å²) in [5.74, 6) is -0.498. The number of rotatable bonds is 0. The largest absolute Gasteiger partial charge is 0.345 e. The minimum Gasteiger partial charge on any atom is -0.345 e. The van der Waals surface area contributed by atoms with Crippen LogP contribution < -0.4 is 5.32 Å². The van der Waals surface area contributed by atoms with E-state index in [2.05, 4.69) is 5.32 Å². The van der Waals surface area contributed by atoms with Crippen LogP contribution in [0.5, 0.6) is 0 Å². The van der Waals surface area contributed by atoms with Crippen LogP contribution in [-0.4, -0.2) is 37.5 Å². The van der Waals surface area contributed by atoms with Crippen molar-refractivity contribution in [1.29, 1.82) is 0 Å². The zero-order chi connectivity index (χ0) is 7.03. The standard InChI is InChI=1S/C6H10ClNO2/c7-5-3-8-4-6(5)9-1-2-10-6/h5,8H,1-4H2. The summed E-state index contributed by atoms with van der Waals surface area (Å²) in [6.07, 6.45) is 0. The second-order valence-electron chi connectivity index (χ2n) is 2.61. The average molecular weight is 164 g/mol. The van der Waals surface area contributed by atoms with E-state index in [-0.39, 0.29) is 5.38 Å². The number of alkyl halides is 1. The Bertz CT molecular complexity index is 130. The van der Waals surface area contributed by atoms with Gasteiger partial charge < -0.3 is 14.8 Å². The van der Waals surface area contributed by atoms with Crippen LogP contribution in [0.1, 0.15) is 0 Å². The van der Waals surface area contributed by atoms with Crippen molar-refractivity contribution in [2.45, 2.75) is 11.2 Å². The molecule has 0 bridgehead atoms. The second kappa shape index (κ2) is 2.34. The smallest absolute Gasteiger partial charge is 0.198 e. The van der Waals surface area contributed by atoms with Crippen LogP contribution in [0.4, 0.5) is 0 Å². The molecule has 0 amide bonds. The molecule has 2 aliphatic rings. The van der Waals surface area contributed by atoms with Crippen molar-refractivity contribution in [3.05, 3.63) is 0 Å². The van der Waals surface area contributed by atoms with Crippen LogP contribution in [0.15, 0.2) is 0 Å². The van der Waals surface area contributed by atoms with Gasteiger partial charge in [-0.3, -0.25) is 0 Å². The van der Waals surface area contributed by atoms with Gasteiger partial charge in [-0.15, -0.1) is 11.6 Å². The first kappa shape index (κ1) is 6.85. The van der Waals surface area contributed by atoms with E-state index in [4.69, 9.17) is 21.1 Å². The topological polar surface area (TPSA) is 30.5 Å². The summed E-state index contributed by atoms with van der Waals surface area (Å²) in [4.78, 5) is 0. The van der Waals surface area contributed by atoms with Gasteiger partial charge in [0.05, 0.1) is 19.8 Å². The van der Waals surface area contributed by atoms with Gasteiger partial charge in [0.1, 0.15) is 5.38 Å². The number of hydrogen-bond donors (Lipinski definition) is 1. The van der Waals surface area contributed by atoms with Crippen molar-refractivity contribution in [3.63, 3.8) is 0 Å². The minimum atomic E-state index is -0.498. The van der Waals surface area contributed by atoms with Gasteiger partial charge in [-0.25, -0.2) is 0 Å². The Morgan fingerprint density at radius 2 is 2.10 bits per heavy atom. The van der Waals surface area contributed by atoms with Crippen molar-refractivity contribution < 1.29 is 9.47 Å². The molecule has 58 valence electrons. The predicted molar refractivity (Wildman–Crippen MR) is 37.1 cm³/mol. The SMILES string of the molecule is ClC1CNCC12OCCO2. The van der Waals surface area contributed by atoms with Crippen LogP contribution >= 0.6 is 11.6 Å². The molecule has 0 aliphatic carbocycles. The van der Waals surface area contributed by atoms with Crippen LogP contribution in [0, 0.1) is 0 Å². The monoisotopic (exact) mass is 163 g/mol. The van der Waals surface area contributed by atoms with Gasteiger partial charge in [-0.1, -0.05) is 0 Å². The summed E-state index contributed by atoms with van der Waals surface area (Å²) in [6, 6.07) is 0. The Hall–Kier alpha value is 0.170. The van der Waals surface area contributed by atoms with Crippen LogP contribution in [0.2, 0.25) is 0 Å². The maximum Gasteiger partial charge on any atom is 0.198 e. The molecule has 2 rings (SSSR count). The Labute approximate surface area is 64.6 Å². The molecule has 1 N–H and O–H groups in total. The highest BCUT2D eigenvalue weighted by atomic mass is 35.5. The summed E-state index contributed by atoms with van der Waals surface area (Å²) in [5, 5.41) is 3.09. The van der Waals surface area contributed by atoms with E-state index in [0.29, 0.717) is 13.2 Å². The summed E-state index contributed by atoms with van der Waals surface area (Å²) in [6.45, 7) is 2.85. The predicted octanol–water partition coefficient (Wildman–Crippen LogP) is -0.0599. The fourth-order valence-corrected chi connectivity index (χ4v) is 1.71. The molecule has 1 atom stereocenters. The van der Waals surface area contributed by atoms with Crippen molar-refractivity contribution in [2.75, 3.05) is 26.3 Å². The maximum absolute atomic E-state index is 5.96. The normalized spacial score (nSPS) is 37.5. The molecule has 0 saturated carbocycles. The first-order valence-corrected chi connectivity index (χ1v) is 3.90. The molecule has 2 fully saturated rings. The lowest BCUT2D eigenvalue weighted by molar-refractivity contribution is -0.136. The van der Waals surface area contributed by atoms with Crippen LogP contribution in [0.3, 0.4) is 0 Å². The van der Waals surface area contributed by atoms with Gasteiger partial charge in [-0.2, -0.15) is 0 Å². The summed E-state index contributed by atoms with van der Waals surface area (Å²) in [5.41, 5.74) is 0. The lowest BCUT2D eigenvalue weighted by Gasteiger charge is -2.23. The average Bonchev–Trinajstić information content (AvgIpc) is 2.48.